The van der Waals surface area contributed by atoms with Gasteiger partial charge in [0.25, 0.3) is 0 Å². The minimum absolute atomic E-state index is 0. The number of unbranched alkanes of at least 4 members (excludes halogenated alkanes) is 9. The molecule has 0 N–H and O–H groups in total. The van der Waals surface area contributed by atoms with Gasteiger partial charge in [0, 0.05) is 37.8 Å². The third kappa shape index (κ3) is 20.3. The van der Waals surface area contributed by atoms with E-state index in [1.54, 1.807) is 0 Å². The van der Waals surface area contributed by atoms with Crippen LogP contribution in [0.3, 0.4) is 0 Å². The fourth-order valence-corrected chi connectivity index (χ4v) is 5.94. The fourth-order valence-electron chi connectivity index (χ4n) is 5.94. The van der Waals surface area contributed by atoms with Gasteiger partial charge in [0.1, 0.15) is 0 Å². The Morgan fingerprint density at radius 1 is 0.440 bits per heavy atom. The summed E-state index contributed by atoms with van der Waals surface area (Å²) in [4.78, 5) is 7.11. The van der Waals surface area contributed by atoms with Gasteiger partial charge in [0.2, 0.25) is 0 Å². The van der Waals surface area contributed by atoms with Gasteiger partial charge in [-0.25, -0.2) is 0 Å². The Kier molecular flexibility index (Phi) is 28.4. The summed E-state index contributed by atoms with van der Waals surface area (Å²) in [5.41, 5.74) is 2.72. The molecule has 3 unspecified atom stereocenters. The van der Waals surface area contributed by atoms with Crippen molar-refractivity contribution in [2.75, 3.05) is 6.54 Å². The first kappa shape index (κ1) is 47.3. The Labute approximate surface area is 329 Å². The molecule has 2 aromatic carbocycles. The summed E-state index contributed by atoms with van der Waals surface area (Å²) in [5.74, 6) is 0. The maximum Gasteiger partial charge on any atom is 0.0446 e. The van der Waals surface area contributed by atoms with Crippen LogP contribution in [0.1, 0.15) is 103 Å². The van der Waals surface area contributed by atoms with E-state index in [9.17, 15) is 0 Å². The molecule has 278 valence electrons. The summed E-state index contributed by atoms with van der Waals surface area (Å²) in [6.07, 6.45) is 40.1. The van der Waals surface area contributed by atoms with Crippen LogP contribution in [0.15, 0.2) is 134 Å². The predicted octanol–water partition coefficient (Wildman–Crippen LogP) is 13.0. The Morgan fingerprint density at radius 2 is 0.780 bits per heavy atom. The smallest absolute Gasteiger partial charge is 0.0446 e. The van der Waals surface area contributed by atoms with Crippen LogP contribution in [0.25, 0.3) is 0 Å². The van der Waals surface area contributed by atoms with Gasteiger partial charge in [-0.2, -0.15) is 0 Å². The maximum atomic E-state index is 2.45. The van der Waals surface area contributed by atoms with Crippen LogP contribution in [0.5, 0.6) is 0 Å². The van der Waals surface area contributed by atoms with Crippen LogP contribution < -0.4 is 0 Å². The molecular formula is C44H66BrCl2N3. The van der Waals surface area contributed by atoms with Crippen molar-refractivity contribution >= 4 is 41.8 Å². The van der Waals surface area contributed by atoms with Gasteiger partial charge >= 0.3 is 0 Å². The average molecular weight is 788 g/mol. The highest BCUT2D eigenvalue weighted by Crippen LogP contribution is 2.15. The Hall–Kier alpha value is -2.66. The lowest BCUT2D eigenvalue weighted by Crippen LogP contribution is -2.28. The number of rotatable bonds is 15. The van der Waals surface area contributed by atoms with Gasteiger partial charge in [-0.05, 0) is 75.1 Å². The molecule has 0 radical (unpaired) electrons. The Balaban J connectivity index is 0.000000709. The average Bonchev–Trinajstić information content (AvgIpc) is 3.10. The highest BCUT2D eigenvalue weighted by atomic mass is 79.9. The fraction of sp³-hybridized carbons (Fsp3) is 0.455. The lowest BCUT2D eigenvalue weighted by atomic mass is 10.1. The number of hydrogen-bond acceptors (Lipinski definition) is 3. The van der Waals surface area contributed by atoms with E-state index >= 15 is 0 Å². The maximum absolute atomic E-state index is 2.45. The van der Waals surface area contributed by atoms with E-state index in [-0.39, 0.29) is 41.8 Å². The van der Waals surface area contributed by atoms with Crippen molar-refractivity contribution in [3.63, 3.8) is 0 Å². The molecule has 0 saturated carbocycles. The van der Waals surface area contributed by atoms with E-state index in [0.29, 0.717) is 18.1 Å². The normalized spacial score (nSPS) is 18.2. The van der Waals surface area contributed by atoms with Gasteiger partial charge in [0.05, 0.1) is 0 Å². The minimum Gasteiger partial charge on any atom is -0.371 e. The zero-order valence-corrected chi connectivity index (χ0v) is 34.5. The number of nitrogens with zero attached hydrogens (tertiary/aromatic N) is 3. The van der Waals surface area contributed by atoms with Crippen molar-refractivity contribution in [2.24, 2.45) is 0 Å². The number of hydrogen-bond donors (Lipinski definition) is 0. The molecule has 0 aliphatic carbocycles. The van der Waals surface area contributed by atoms with Crippen molar-refractivity contribution in [3.05, 3.63) is 145 Å². The summed E-state index contributed by atoms with van der Waals surface area (Å²) in [6.45, 7) is 12.2. The highest BCUT2D eigenvalue weighted by Gasteiger charge is 2.10. The standard InChI is InChI=1S/C18H33N.2C13H15N.BrH.2ClH/c1-3-4-5-6-7-8-9-10-11-13-16-19-17-14-12-15-18(19)2;2*1-12-7-5-6-10-14(12)11-13-8-3-2-4-9-13;;;/h12,14-15,17-18H,3-11,13,16H2,1-2H3;2*2-10,12H,11H2,1H3;3*1H. The molecule has 3 nitrogen and oxygen atoms in total. The Bertz CT molecular complexity index is 1190. The van der Waals surface area contributed by atoms with E-state index in [4.69, 9.17) is 0 Å². The summed E-state index contributed by atoms with van der Waals surface area (Å²) in [7, 11) is 0. The van der Waals surface area contributed by atoms with Crippen LogP contribution in [0.2, 0.25) is 0 Å². The van der Waals surface area contributed by atoms with E-state index in [2.05, 4.69) is 176 Å². The number of allylic oxidation sites excluding steroid dienone is 6. The lowest BCUT2D eigenvalue weighted by Gasteiger charge is -2.27. The van der Waals surface area contributed by atoms with Crippen LogP contribution in [-0.2, 0) is 13.1 Å². The predicted molar refractivity (Wildman–Crippen MR) is 231 cm³/mol. The van der Waals surface area contributed by atoms with Crippen molar-refractivity contribution in [2.45, 2.75) is 123 Å². The van der Waals surface area contributed by atoms with Gasteiger partial charge in [-0.15, -0.1) is 41.8 Å². The molecule has 3 aliphatic heterocycles. The largest absolute Gasteiger partial charge is 0.371 e. The molecule has 0 fully saturated rings. The number of benzene rings is 2. The summed E-state index contributed by atoms with van der Waals surface area (Å²) in [6, 6.07) is 22.7. The van der Waals surface area contributed by atoms with Crippen molar-refractivity contribution in [1.82, 2.24) is 14.7 Å². The molecule has 0 spiro atoms. The SMILES string of the molecule is Br.CC1C=CC=CN1Cc1ccccc1.CC1C=CC=CN1Cc1ccccc1.CCCCCCCCCCCCN1C=CC=CC1C.Cl.Cl. The van der Waals surface area contributed by atoms with E-state index in [0.717, 1.165) is 13.1 Å². The third-order valence-corrected chi connectivity index (χ3v) is 9.09. The lowest BCUT2D eigenvalue weighted by molar-refractivity contribution is 0.322. The minimum atomic E-state index is 0. The summed E-state index contributed by atoms with van der Waals surface area (Å²) in [5, 5.41) is 0. The second-order valence-corrected chi connectivity index (χ2v) is 13.1. The van der Waals surface area contributed by atoms with Crippen LogP contribution in [0, 0.1) is 0 Å². The highest BCUT2D eigenvalue weighted by molar-refractivity contribution is 8.93. The van der Waals surface area contributed by atoms with Gasteiger partial charge in [-0.1, -0.05) is 162 Å². The molecular weight excluding hydrogens is 721 g/mol. The zero-order chi connectivity index (χ0) is 33.4. The quantitative estimate of drug-likeness (QED) is 0.167. The molecule has 0 saturated heterocycles. The third-order valence-electron chi connectivity index (χ3n) is 9.09. The first-order valence-corrected chi connectivity index (χ1v) is 18.5. The molecule has 0 aromatic heterocycles. The molecule has 0 bridgehead atoms. The van der Waals surface area contributed by atoms with Crippen molar-refractivity contribution in [3.8, 4) is 0 Å². The van der Waals surface area contributed by atoms with Crippen molar-refractivity contribution < 1.29 is 0 Å². The molecule has 2 aromatic rings. The summed E-state index contributed by atoms with van der Waals surface area (Å²) < 4.78 is 0. The van der Waals surface area contributed by atoms with Crippen LogP contribution in [-0.4, -0.2) is 39.4 Å². The second kappa shape index (κ2) is 30.0. The Morgan fingerprint density at radius 3 is 1.14 bits per heavy atom. The molecule has 3 heterocycles. The van der Waals surface area contributed by atoms with Gasteiger partial charge in [-0.3, -0.25) is 0 Å². The second-order valence-electron chi connectivity index (χ2n) is 13.1. The first-order valence-electron chi connectivity index (χ1n) is 18.5. The molecule has 3 aliphatic rings. The van der Waals surface area contributed by atoms with E-state index in [1.807, 2.05) is 0 Å². The van der Waals surface area contributed by atoms with E-state index in [1.165, 1.54) is 81.9 Å². The molecule has 50 heavy (non-hydrogen) atoms. The first-order chi connectivity index (χ1) is 23.1. The number of halogens is 3. The molecule has 0 amide bonds. The van der Waals surface area contributed by atoms with E-state index < -0.39 is 0 Å². The monoisotopic (exact) mass is 785 g/mol. The zero-order valence-electron chi connectivity index (χ0n) is 31.2. The summed E-state index contributed by atoms with van der Waals surface area (Å²) >= 11 is 0. The molecule has 5 rings (SSSR count). The molecule has 3 atom stereocenters. The topological polar surface area (TPSA) is 9.72 Å². The van der Waals surface area contributed by atoms with Gasteiger partial charge < -0.3 is 14.7 Å². The van der Waals surface area contributed by atoms with Crippen LogP contribution >= 0.6 is 41.8 Å². The van der Waals surface area contributed by atoms with Crippen molar-refractivity contribution in [1.29, 1.82) is 0 Å². The van der Waals surface area contributed by atoms with Crippen LogP contribution in [0.4, 0.5) is 0 Å². The molecule has 6 heteroatoms. The van der Waals surface area contributed by atoms with Gasteiger partial charge in [0.15, 0.2) is 0 Å².